The Hall–Kier alpha value is -2.77. The van der Waals surface area contributed by atoms with Crippen molar-refractivity contribution in [3.8, 4) is 0 Å². The molecule has 0 spiro atoms. The van der Waals surface area contributed by atoms with Crippen LogP contribution in [0.5, 0.6) is 0 Å². The molecule has 0 aliphatic rings. The number of unbranched alkanes of at least 4 members (excludes halogenated alkanes) is 2. The van der Waals surface area contributed by atoms with Crippen LogP contribution >= 0.6 is 0 Å². The Morgan fingerprint density at radius 3 is 1.82 bits per heavy atom. The Labute approximate surface area is 193 Å². The van der Waals surface area contributed by atoms with E-state index in [-0.39, 0.29) is 19.3 Å². The lowest BCUT2D eigenvalue weighted by Gasteiger charge is -2.23. The number of carbonyl (C=O) groups is 5. The van der Waals surface area contributed by atoms with Gasteiger partial charge in [0.05, 0.1) is 6.04 Å². The summed E-state index contributed by atoms with van der Waals surface area (Å²) in [6.45, 7) is 2.28. The van der Waals surface area contributed by atoms with Crippen molar-refractivity contribution in [2.45, 2.75) is 82.5 Å². The minimum Gasteiger partial charge on any atom is -0.480 e. The van der Waals surface area contributed by atoms with Gasteiger partial charge in [-0.2, -0.15) is 0 Å². The molecule has 0 aromatic carbocycles. The molecule has 0 rings (SSSR count). The van der Waals surface area contributed by atoms with E-state index in [1.165, 1.54) is 6.92 Å². The van der Waals surface area contributed by atoms with Gasteiger partial charge in [0.2, 0.25) is 23.6 Å². The topological polar surface area (TPSA) is 246 Å². The summed E-state index contributed by atoms with van der Waals surface area (Å²) in [6, 6.07) is -4.24. The fraction of sp³-hybridized carbons (Fsp3) is 0.750. The minimum atomic E-state index is -1.23. The molecule has 0 heterocycles. The van der Waals surface area contributed by atoms with Gasteiger partial charge in [-0.1, -0.05) is 6.42 Å². The first kappa shape index (κ1) is 30.2. The van der Waals surface area contributed by atoms with Gasteiger partial charge in [-0.15, -0.1) is 0 Å². The van der Waals surface area contributed by atoms with E-state index in [1.54, 1.807) is 0 Å². The highest BCUT2D eigenvalue weighted by Gasteiger charge is 2.28. The third-order valence-electron chi connectivity index (χ3n) is 4.93. The predicted octanol–water partition coefficient (Wildman–Crippen LogP) is -2.60. The third-order valence-corrected chi connectivity index (χ3v) is 4.93. The third kappa shape index (κ3) is 13.4. The summed E-state index contributed by atoms with van der Waals surface area (Å²) < 4.78 is 0. The SMILES string of the molecule is CC(NC(=O)C(N)CCCCN)C(=O)NC(CCC(N)=O)C(=O)NC(CCCCN)C(=O)O. The molecular formula is C20H39N7O6. The van der Waals surface area contributed by atoms with E-state index >= 15 is 0 Å². The summed E-state index contributed by atoms with van der Waals surface area (Å²) in [5.41, 5.74) is 21.8. The van der Waals surface area contributed by atoms with Crippen LogP contribution in [0.3, 0.4) is 0 Å². The number of rotatable bonds is 18. The van der Waals surface area contributed by atoms with Crippen LogP contribution in [0.15, 0.2) is 0 Å². The molecule has 13 nitrogen and oxygen atoms in total. The van der Waals surface area contributed by atoms with E-state index in [0.717, 1.165) is 6.42 Å². The van der Waals surface area contributed by atoms with Crippen LogP contribution in [0.25, 0.3) is 0 Å². The Balaban J connectivity index is 5.06. The van der Waals surface area contributed by atoms with Crippen LogP contribution < -0.4 is 38.9 Å². The molecular weight excluding hydrogens is 434 g/mol. The number of carboxylic acid groups (broad SMARTS) is 1. The Bertz CT molecular complexity index is 661. The number of carbonyl (C=O) groups excluding carboxylic acids is 4. The number of primary amides is 1. The zero-order valence-corrected chi connectivity index (χ0v) is 19.2. The van der Waals surface area contributed by atoms with Crippen molar-refractivity contribution < 1.29 is 29.1 Å². The van der Waals surface area contributed by atoms with E-state index in [9.17, 15) is 29.1 Å². The standard InChI is InChI=1S/C20H39N7O6/c1-12(25-18(30)13(23)6-2-4-10-21)17(29)26-14(8-9-16(24)28)19(31)27-15(20(32)33)7-3-5-11-22/h12-15H,2-11,21-23H2,1H3,(H2,24,28)(H,25,30)(H,26,29)(H,27,31)(H,32,33). The number of carboxylic acids is 1. The fourth-order valence-corrected chi connectivity index (χ4v) is 2.90. The van der Waals surface area contributed by atoms with Gasteiger partial charge in [-0.25, -0.2) is 4.79 Å². The summed E-state index contributed by atoms with van der Waals surface area (Å²) >= 11 is 0. The first-order valence-electron chi connectivity index (χ1n) is 11.1. The second-order valence-electron chi connectivity index (χ2n) is 7.87. The smallest absolute Gasteiger partial charge is 0.326 e. The first-order valence-corrected chi connectivity index (χ1v) is 11.1. The molecule has 0 saturated carbocycles. The maximum absolute atomic E-state index is 12.7. The van der Waals surface area contributed by atoms with Crippen LogP contribution in [0.2, 0.25) is 0 Å². The Morgan fingerprint density at radius 2 is 1.30 bits per heavy atom. The lowest BCUT2D eigenvalue weighted by atomic mass is 10.1. The zero-order valence-electron chi connectivity index (χ0n) is 19.2. The average molecular weight is 474 g/mol. The van der Waals surface area contributed by atoms with E-state index in [4.69, 9.17) is 22.9 Å². The van der Waals surface area contributed by atoms with Gasteiger partial charge in [0, 0.05) is 6.42 Å². The molecule has 0 bridgehead atoms. The lowest BCUT2D eigenvalue weighted by Crippen LogP contribution is -2.56. The van der Waals surface area contributed by atoms with Gasteiger partial charge in [-0.3, -0.25) is 19.2 Å². The molecule has 0 aromatic heterocycles. The van der Waals surface area contributed by atoms with Gasteiger partial charge < -0.3 is 44.0 Å². The van der Waals surface area contributed by atoms with Crippen molar-refractivity contribution in [3.05, 3.63) is 0 Å². The summed E-state index contributed by atoms with van der Waals surface area (Å²) in [5.74, 6) is -3.92. The second-order valence-corrected chi connectivity index (χ2v) is 7.87. The summed E-state index contributed by atoms with van der Waals surface area (Å²) in [5, 5.41) is 16.6. The molecule has 0 radical (unpaired) electrons. The van der Waals surface area contributed by atoms with E-state index in [1.807, 2.05) is 0 Å². The molecule has 33 heavy (non-hydrogen) atoms. The lowest BCUT2D eigenvalue weighted by molar-refractivity contribution is -0.142. The van der Waals surface area contributed by atoms with Crippen molar-refractivity contribution >= 4 is 29.6 Å². The van der Waals surface area contributed by atoms with Crippen molar-refractivity contribution in [1.82, 2.24) is 16.0 Å². The molecule has 0 aliphatic carbocycles. The van der Waals surface area contributed by atoms with Gasteiger partial charge in [0.25, 0.3) is 0 Å². The normalized spacial score (nSPS) is 14.4. The Morgan fingerprint density at radius 1 is 0.758 bits per heavy atom. The van der Waals surface area contributed by atoms with Crippen LogP contribution in [0.1, 0.15) is 58.3 Å². The molecule has 4 atom stereocenters. The highest BCUT2D eigenvalue weighted by Crippen LogP contribution is 2.05. The molecule has 190 valence electrons. The van der Waals surface area contributed by atoms with Crippen molar-refractivity contribution in [2.24, 2.45) is 22.9 Å². The summed E-state index contributed by atoms with van der Waals surface area (Å²) in [4.78, 5) is 60.0. The van der Waals surface area contributed by atoms with Crippen molar-refractivity contribution in [1.29, 1.82) is 0 Å². The Kier molecular flexibility index (Phi) is 15.4. The number of nitrogens with one attached hydrogen (secondary N) is 3. The molecule has 12 N–H and O–H groups in total. The van der Waals surface area contributed by atoms with Gasteiger partial charge >= 0.3 is 5.97 Å². The predicted molar refractivity (Wildman–Crippen MR) is 121 cm³/mol. The molecule has 4 amide bonds. The van der Waals surface area contributed by atoms with Crippen LogP contribution in [-0.4, -0.2) is 72.0 Å². The van der Waals surface area contributed by atoms with E-state index in [0.29, 0.717) is 38.8 Å². The quantitative estimate of drug-likeness (QED) is 0.0970. The highest BCUT2D eigenvalue weighted by atomic mass is 16.4. The van der Waals surface area contributed by atoms with Crippen molar-refractivity contribution in [3.63, 3.8) is 0 Å². The van der Waals surface area contributed by atoms with Crippen LogP contribution in [-0.2, 0) is 24.0 Å². The number of aliphatic carboxylic acids is 1. The fourth-order valence-electron chi connectivity index (χ4n) is 2.90. The molecule has 0 aromatic rings. The van der Waals surface area contributed by atoms with Crippen LogP contribution in [0, 0.1) is 0 Å². The number of hydrogen-bond acceptors (Lipinski definition) is 8. The van der Waals surface area contributed by atoms with Gasteiger partial charge in [0.1, 0.15) is 18.1 Å². The van der Waals surface area contributed by atoms with Crippen molar-refractivity contribution in [2.75, 3.05) is 13.1 Å². The molecule has 13 heteroatoms. The molecule has 0 fully saturated rings. The molecule has 0 saturated heterocycles. The maximum Gasteiger partial charge on any atom is 0.326 e. The van der Waals surface area contributed by atoms with E-state index < -0.39 is 53.8 Å². The zero-order chi connectivity index (χ0) is 25.4. The second kappa shape index (κ2) is 16.8. The number of amides is 4. The minimum absolute atomic E-state index is 0.138. The molecule has 4 unspecified atom stereocenters. The maximum atomic E-state index is 12.7. The summed E-state index contributed by atoms with van der Waals surface area (Å²) in [7, 11) is 0. The monoisotopic (exact) mass is 473 g/mol. The van der Waals surface area contributed by atoms with Gasteiger partial charge in [-0.05, 0) is 58.5 Å². The average Bonchev–Trinajstić information content (AvgIpc) is 2.75. The number of nitrogens with two attached hydrogens (primary N) is 4. The van der Waals surface area contributed by atoms with E-state index in [2.05, 4.69) is 16.0 Å². The number of hydrogen-bond donors (Lipinski definition) is 8. The first-order chi connectivity index (χ1) is 15.5. The largest absolute Gasteiger partial charge is 0.480 e. The highest BCUT2D eigenvalue weighted by molar-refractivity contribution is 5.94. The molecule has 0 aliphatic heterocycles. The summed E-state index contributed by atoms with van der Waals surface area (Å²) in [6.07, 6.45) is 2.67. The van der Waals surface area contributed by atoms with Crippen LogP contribution in [0.4, 0.5) is 0 Å². The van der Waals surface area contributed by atoms with Gasteiger partial charge in [0.15, 0.2) is 0 Å².